The van der Waals surface area contributed by atoms with Crippen molar-refractivity contribution >= 4 is 38.8 Å². The number of ether oxygens (including phenoxy) is 1. The molecule has 0 atom stereocenters. The van der Waals surface area contributed by atoms with Crippen molar-refractivity contribution in [2.45, 2.75) is 17.9 Å². The molecule has 0 saturated heterocycles. The van der Waals surface area contributed by atoms with Crippen LogP contribution in [0.25, 0.3) is 22.2 Å². The smallest absolute Gasteiger partial charge is 0.268 e. The van der Waals surface area contributed by atoms with Gasteiger partial charge in [0.2, 0.25) is 0 Å². The molecular formula is C29H22ClNO4S. The highest BCUT2D eigenvalue weighted by atomic mass is 35.5. The van der Waals surface area contributed by atoms with E-state index < -0.39 is 10.0 Å². The Morgan fingerprint density at radius 2 is 1.56 bits per heavy atom. The molecule has 7 heteroatoms. The summed E-state index contributed by atoms with van der Waals surface area (Å²) in [4.78, 5) is 11.5. The Hall–Kier alpha value is -3.87. The summed E-state index contributed by atoms with van der Waals surface area (Å²) in [7, 11) is -3.99. The molecule has 1 heterocycles. The highest BCUT2D eigenvalue weighted by Crippen LogP contribution is 2.39. The van der Waals surface area contributed by atoms with Crippen LogP contribution < -0.4 is 4.74 Å². The van der Waals surface area contributed by atoms with Crippen molar-refractivity contribution in [3.8, 4) is 17.0 Å². The Kier molecular flexibility index (Phi) is 6.63. The molecule has 0 spiro atoms. The molecule has 0 aliphatic carbocycles. The van der Waals surface area contributed by atoms with Gasteiger partial charge in [-0.05, 0) is 53.6 Å². The molecular weight excluding hydrogens is 494 g/mol. The molecule has 36 heavy (non-hydrogen) atoms. The van der Waals surface area contributed by atoms with Crippen LogP contribution in [0.3, 0.4) is 0 Å². The van der Waals surface area contributed by atoms with Crippen LogP contribution in [0.15, 0.2) is 108 Å². The Morgan fingerprint density at radius 1 is 0.833 bits per heavy atom. The Balaban J connectivity index is 1.70. The van der Waals surface area contributed by atoms with Gasteiger partial charge in [0.15, 0.2) is 0 Å². The fraction of sp³-hybridized carbons (Fsp3) is 0.0690. The van der Waals surface area contributed by atoms with Gasteiger partial charge in [-0.2, -0.15) is 0 Å². The summed E-state index contributed by atoms with van der Waals surface area (Å²) in [5, 5.41) is 1.04. The minimum atomic E-state index is -3.99. The summed E-state index contributed by atoms with van der Waals surface area (Å²) in [6, 6.07) is 30.3. The number of nitrogens with zero attached hydrogens (tertiary/aromatic N) is 1. The average molecular weight is 516 g/mol. The van der Waals surface area contributed by atoms with Crippen LogP contribution in [0.5, 0.6) is 5.75 Å². The second-order valence-electron chi connectivity index (χ2n) is 8.25. The molecule has 4 aromatic carbocycles. The van der Waals surface area contributed by atoms with Crippen molar-refractivity contribution in [3.63, 3.8) is 0 Å². The summed E-state index contributed by atoms with van der Waals surface area (Å²) in [5.74, 6) is 0.611. The Bertz CT molecular complexity index is 1650. The minimum Gasteiger partial charge on any atom is -0.489 e. The van der Waals surface area contributed by atoms with Gasteiger partial charge in [0.05, 0.1) is 21.1 Å². The second-order valence-corrected chi connectivity index (χ2v) is 10.4. The summed E-state index contributed by atoms with van der Waals surface area (Å²) in [6.07, 6.45) is 0.887. The van der Waals surface area contributed by atoms with Crippen LogP contribution >= 0.6 is 11.6 Å². The van der Waals surface area contributed by atoms with Gasteiger partial charge in [0, 0.05) is 17.4 Å². The predicted molar refractivity (Wildman–Crippen MR) is 142 cm³/mol. The summed E-state index contributed by atoms with van der Waals surface area (Å²) < 4.78 is 35.1. The van der Waals surface area contributed by atoms with E-state index in [1.54, 1.807) is 66.7 Å². The zero-order chi connectivity index (χ0) is 25.1. The standard InChI is InChI=1S/C29H22ClNO4S/c30-26-13-7-10-22(16-17-32)29(26)28-19-23-18-24(35-20-21-8-3-1-4-9-21)14-15-27(23)31(28)36(33,34)25-11-5-2-6-12-25/h1-15,17-19H,16,20H2. The zero-order valence-electron chi connectivity index (χ0n) is 19.2. The highest BCUT2D eigenvalue weighted by molar-refractivity contribution is 7.90. The molecule has 5 aromatic rings. The van der Waals surface area contributed by atoms with Gasteiger partial charge in [-0.25, -0.2) is 12.4 Å². The molecule has 0 fully saturated rings. The van der Waals surface area contributed by atoms with E-state index in [9.17, 15) is 13.2 Å². The van der Waals surface area contributed by atoms with Gasteiger partial charge >= 0.3 is 0 Å². The fourth-order valence-electron chi connectivity index (χ4n) is 4.25. The van der Waals surface area contributed by atoms with Gasteiger partial charge in [0.1, 0.15) is 18.6 Å². The number of carbonyl (C=O) groups excluding carboxylic acids is 1. The molecule has 0 saturated carbocycles. The maximum Gasteiger partial charge on any atom is 0.268 e. The topological polar surface area (TPSA) is 65.4 Å². The summed E-state index contributed by atoms with van der Waals surface area (Å²) >= 11 is 6.60. The van der Waals surface area contributed by atoms with Crippen molar-refractivity contribution < 1.29 is 17.9 Å². The molecule has 0 unspecified atom stereocenters. The third-order valence-corrected chi connectivity index (χ3v) is 7.97. The van der Waals surface area contributed by atoms with Gasteiger partial charge in [-0.1, -0.05) is 72.3 Å². The van der Waals surface area contributed by atoms with Crippen LogP contribution in [-0.4, -0.2) is 18.7 Å². The monoisotopic (exact) mass is 515 g/mol. The highest BCUT2D eigenvalue weighted by Gasteiger charge is 2.26. The van der Waals surface area contributed by atoms with Crippen LogP contribution in [-0.2, 0) is 27.8 Å². The molecule has 1 aromatic heterocycles. The lowest BCUT2D eigenvalue weighted by molar-refractivity contribution is -0.107. The molecule has 5 nitrogen and oxygen atoms in total. The van der Waals surface area contributed by atoms with Crippen molar-refractivity contribution in [1.82, 2.24) is 3.97 Å². The van der Waals surface area contributed by atoms with E-state index in [0.717, 1.165) is 11.8 Å². The summed E-state index contributed by atoms with van der Waals surface area (Å²) in [5.41, 5.74) is 3.05. The minimum absolute atomic E-state index is 0.105. The van der Waals surface area contributed by atoms with E-state index in [4.69, 9.17) is 16.3 Å². The fourth-order valence-corrected chi connectivity index (χ4v) is 6.08. The molecule has 5 rings (SSSR count). The van der Waals surface area contributed by atoms with Crippen LogP contribution in [0, 0.1) is 0 Å². The number of rotatable bonds is 8. The first-order valence-corrected chi connectivity index (χ1v) is 13.1. The first-order chi connectivity index (χ1) is 17.5. The van der Waals surface area contributed by atoms with E-state index in [0.29, 0.717) is 45.1 Å². The summed E-state index contributed by atoms with van der Waals surface area (Å²) in [6.45, 7) is 0.385. The lowest BCUT2D eigenvalue weighted by Gasteiger charge is -2.15. The molecule has 0 aliphatic heterocycles. The third kappa shape index (κ3) is 4.53. The van der Waals surface area contributed by atoms with Crippen LogP contribution in [0.2, 0.25) is 5.02 Å². The Labute approximate surface area is 214 Å². The number of hydrogen-bond acceptors (Lipinski definition) is 4. The van der Waals surface area contributed by atoms with Crippen molar-refractivity contribution in [2.75, 3.05) is 0 Å². The number of halogens is 1. The van der Waals surface area contributed by atoms with E-state index in [2.05, 4.69) is 0 Å². The number of fused-ring (bicyclic) bond motifs is 1. The van der Waals surface area contributed by atoms with Crippen molar-refractivity contribution in [3.05, 3.63) is 119 Å². The van der Waals surface area contributed by atoms with E-state index in [-0.39, 0.29) is 11.3 Å². The number of aldehydes is 1. The molecule has 0 aliphatic rings. The largest absolute Gasteiger partial charge is 0.489 e. The SMILES string of the molecule is O=CCc1cccc(Cl)c1-c1cc2cc(OCc3ccccc3)ccc2n1S(=O)(=O)c1ccccc1. The first-order valence-electron chi connectivity index (χ1n) is 11.3. The van der Waals surface area contributed by atoms with Gasteiger partial charge in [-0.15, -0.1) is 0 Å². The maximum absolute atomic E-state index is 13.9. The average Bonchev–Trinajstić information content (AvgIpc) is 3.28. The van der Waals surface area contributed by atoms with Crippen LogP contribution in [0.1, 0.15) is 11.1 Å². The Morgan fingerprint density at radius 3 is 2.28 bits per heavy atom. The van der Waals surface area contributed by atoms with Crippen LogP contribution in [0.4, 0.5) is 0 Å². The first kappa shape index (κ1) is 23.9. The molecule has 0 radical (unpaired) electrons. The van der Waals surface area contributed by atoms with E-state index in [1.165, 1.54) is 3.97 Å². The molecule has 180 valence electrons. The molecule has 0 bridgehead atoms. The normalized spacial score (nSPS) is 11.5. The lowest BCUT2D eigenvalue weighted by atomic mass is 10.0. The zero-order valence-corrected chi connectivity index (χ0v) is 20.7. The number of aromatic nitrogens is 1. The van der Waals surface area contributed by atoms with Gasteiger partial charge in [0.25, 0.3) is 10.0 Å². The number of benzene rings is 4. The lowest BCUT2D eigenvalue weighted by Crippen LogP contribution is -2.14. The predicted octanol–water partition coefficient (Wildman–Crippen LogP) is 6.52. The quantitative estimate of drug-likeness (QED) is 0.221. The van der Waals surface area contributed by atoms with Gasteiger partial charge < -0.3 is 9.53 Å². The second kappa shape index (κ2) is 10.0. The number of hydrogen-bond donors (Lipinski definition) is 0. The molecule has 0 amide bonds. The maximum atomic E-state index is 13.9. The van der Waals surface area contributed by atoms with E-state index in [1.807, 2.05) is 36.4 Å². The van der Waals surface area contributed by atoms with Gasteiger partial charge in [-0.3, -0.25) is 0 Å². The molecule has 0 N–H and O–H groups in total. The van der Waals surface area contributed by atoms with E-state index >= 15 is 0 Å². The number of carbonyl (C=O) groups is 1. The van der Waals surface area contributed by atoms with Crippen molar-refractivity contribution in [1.29, 1.82) is 0 Å². The van der Waals surface area contributed by atoms with Crippen molar-refractivity contribution in [2.24, 2.45) is 0 Å². The third-order valence-electron chi connectivity index (χ3n) is 5.92.